The van der Waals surface area contributed by atoms with Gasteiger partial charge in [0.15, 0.2) is 0 Å². The summed E-state index contributed by atoms with van der Waals surface area (Å²) in [7, 11) is 0. The Labute approximate surface area is 206 Å². The predicted molar refractivity (Wildman–Crippen MR) is 130 cm³/mol. The Morgan fingerprint density at radius 3 is 2.32 bits per heavy atom. The van der Waals surface area contributed by atoms with E-state index >= 15 is 0 Å². The lowest BCUT2D eigenvalue weighted by atomic mass is 9.78. The molecule has 1 fully saturated rings. The molecule has 1 saturated heterocycles. The van der Waals surface area contributed by atoms with Crippen molar-refractivity contribution in [2.24, 2.45) is 11.8 Å². The summed E-state index contributed by atoms with van der Waals surface area (Å²) in [6.07, 6.45) is -0.658. The number of esters is 2. The molecule has 3 rings (SSSR count). The zero-order valence-corrected chi connectivity index (χ0v) is 21.1. The van der Waals surface area contributed by atoms with Gasteiger partial charge in [-0.25, -0.2) is 0 Å². The monoisotopic (exact) mass is 488 g/mol. The van der Waals surface area contributed by atoms with Crippen molar-refractivity contribution < 1.29 is 28.5 Å². The fraction of sp³-hybridized carbons (Fsp3) is 0.481. The number of hydrogen-bond donors (Lipinski definition) is 0. The molecule has 7 heteroatoms. The highest BCUT2D eigenvalue weighted by Crippen LogP contribution is 2.42. The third kappa shape index (κ3) is 6.51. The van der Waals surface area contributed by atoms with E-state index in [-0.39, 0.29) is 30.5 Å². The van der Waals surface area contributed by atoms with Crippen LogP contribution in [0.4, 0.5) is 0 Å². The van der Waals surface area contributed by atoms with Gasteiger partial charge in [0.2, 0.25) is 0 Å². The van der Waals surface area contributed by atoms with E-state index in [2.05, 4.69) is 13.0 Å². The number of ether oxygens (including phenoxy) is 4. The van der Waals surface area contributed by atoms with E-state index in [4.69, 9.17) is 30.5 Å². The number of carbonyl (C=O) groups excluding carboxylic acids is 2. The Bertz CT molecular complexity index is 989. The van der Waals surface area contributed by atoms with Crippen LogP contribution in [0, 0.1) is 11.8 Å². The Morgan fingerprint density at radius 2 is 1.71 bits per heavy atom. The number of carbonyl (C=O) groups is 2. The van der Waals surface area contributed by atoms with Crippen molar-refractivity contribution in [3.8, 4) is 5.75 Å². The van der Waals surface area contributed by atoms with Crippen LogP contribution in [-0.2, 0) is 30.2 Å². The molecule has 0 amide bonds. The fourth-order valence-electron chi connectivity index (χ4n) is 4.39. The summed E-state index contributed by atoms with van der Waals surface area (Å²) in [6, 6.07) is 13.9. The summed E-state index contributed by atoms with van der Waals surface area (Å²) in [5.41, 5.74) is 3.10. The van der Waals surface area contributed by atoms with Gasteiger partial charge in [-0.2, -0.15) is 0 Å². The van der Waals surface area contributed by atoms with Crippen LogP contribution in [0.5, 0.6) is 5.75 Å². The van der Waals surface area contributed by atoms with E-state index < -0.39 is 18.2 Å². The smallest absolute Gasteiger partial charge is 0.303 e. The van der Waals surface area contributed by atoms with Gasteiger partial charge in [-0.15, -0.1) is 0 Å². The molecule has 1 aliphatic rings. The van der Waals surface area contributed by atoms with Crippen molar-refractivity contribution in [3.05, 3.63) is 64.2 Å². The third-order valence-corrected chi connectivity index (χ3v) is 6.66. The summed E-state index contributed by atoms with van der Waals surface area (Å²) >= 11 is 6.54. The quantitative estimate of drug-likeness (QED) is 0.454. The molecule has 6 nitrogen and oxygen atoms in total. The van der Waals surface area contributed by atoms with Crippen molar-refractivity contribution in [3.63, 3.8) is 0 Å². The van der Waals surface area contributed by atoms with Crippen LogP contribution >= 0.6 is 11.6 Å². The number of halogens is 1. The zero-order chi connectivity index (χ0) is 24.8. The maximum atomic E-state index is 11.7. The zero-order valence-electron chi connectivity index (χ0n) is 20.4. The van der Waals surface area contributed by atoms with Gasteiger partial charge >= 0.3 is 11.9 Å². The van der Waals surface area contributed by atoms with Crippen LogP contribution in [0.2, 0.25) is 5.02 Å². The van der Waals surface area contributed by atoms with Gasteiger partial charge in [0.05, 0.1) is 12.7 Å². The van der Waals surface area contributed by atoms with Crippen LogP contribution in [-0.4, -0.2) is 37.4 Å². The van der Waals surface area contributed by atoms with Gasteiger partial charge in [-0.05, 0) is 54.2 Å². The van der Waals surface area contributed by atoms with Gasteiger partial charge in [-0.3, -0.25) is 9.59 Å². The summed E-state index contributed by atoms with van der Waals surface area (Å²) < 4.78 is 22.7. The number of benzene rings is 2. The lowest BCUT2D eigenvalue weighted by molar-refractivity contribution is -0.207. The average Bonchev–Trinajstić information content (AvgIpc) is 2.79. The van der Waals surface area contributed by atoms with E-state index in [9.17, 15) is 9.59 Å². The molecule has 0 N–H and O–H groups in total. The minimum atomic E-state index is -0.561. The van der Waals surface area contributed by atoms with Gasteiger partial charge in [0.1, 0.15) is 24.6 Å². The Morgan fingerprint density at radius 1 is 1.00 bits per heavy atom. The van der Waals surface area contributed by atoms with E-state index in [1.54, 1.807) is 0 Å². The third-order valence-electron chi connectivity index (χ3n) is 6.29. The van der Waals surface area contributed by atoms with E-state index in [0.717, 1.165) is 22.4 Å². The minimum absolute atomic E-state index is 0.00607. The SMILES string of the molecule is CCOc1ccc(Cc2cc([C@@H]3O[C@H](COC(C)=O)[C@@H](OC(C)=O)[C@H](C)[C@H]3C)ccc2Cl)cc1. The predicted octanol–water partition coefficient (Wildman–Crippen LogP) is 5.54. The van der Waals surface area contributed by atoms with Crippen molar-refractivity contribution in [2.45, 2.75) is 59.4 Å². The standard InChI is InChI=1S/C27H33ClO6/c1-6-31-23-10-7-20(8-11-23)13-22-14-21(9-12-24(22)28)26-16(2)17(3)27(33-19(5)30)25(34-26)15-32-18(4)29/h7-12,14,16-17,25-27H,6,13,15H2,1-5H3/t16-,17-,25-,26-,27+/m1/s1. The average molecular weight is 489 g/mol. The Balaban J connectivity index is 1.84. The lowest BCUT2D eigenvalue weighted by Crippen LogP contribution is -2.50. The largest absolute Gasteiger partial charge is 0.494 e. The molecule has 0 bridgehead atoms. The second-order valence-corrected chi connectivity index (χ2v) is 9.20. The van der Waals surface area contributed by atoms with Gasteiger partial charge in [0, 0.05) is 24.8 Å². The molecule has 0 radical (unpaired) electrons. The van der Waals surface area contributed by atoms with Crippen LogP contribution in [0.3, 0.4) is 0 Å². The summed E-state index contributed by atoms with van der Waals surface area (Å²) in [5.74, 6) is 0.0942. The van der Waals surface area contributed by atoms with E-state index in [0.29, 0.717) is 18.1 Å². The molecule has 2 aromatic carbocycles. The minimum Gasteiger partial charge on any atom is -0.494 e. The molecule has 1 heterocycles. The van der Waals surface area contributed by atoms with E-state index in [1.165, 1.54) is 13.8 Å². The van der Waals surface area contributed by atoms with Crippen molar-refractivity contribution in [2.75, 3.05) is 13.2 Å². The molecule has 0 spiro atoms. The summed E-state index contributed by atoms with van der Waals surface area (Å²) in [4.78, 5) is 23.1. The highest BCUT2D eigenvalue weighted by atomic mass is 35.5. The van der Waals surface area contributed by atoms with Crippen molar-refractivity contribution >= 4 is 23.5 Å². The molecular weight excluding hydrogens is 456 g/mol. The normalized spacial score (nSPS) is 24.4. The van der Waals surface area contributed by atoms with Crippen LogP contribution < -0.4 is 4.74 Å². The second-order valence-electron chi connectivity index (χ2n) is 8.79. The molecule has 0 aliphatic carbocycles. The number of hydrogen-bond acceptors (Lipinski definition) is 6. The molecule has 5 atom stereocenters. The molecule has 184 valence electrons. The Hall–Kier alpha value is -2.57. The van der Waals surface area contributed by atoms with Crippen LogP contribution in [0.1, 0.15) is 57.4 Å². The van der Waals surface area contributed by atoms with Crippen LogP contribution in [0.25, 0.3) is 0 Å². The molecular formula is C27H33ClO6. The fourth-order valence-corrected chi connectivity index (χ4v) is 4.58. The highest BCUT2D eigenvalue weighted by Gasteiger charge is 2.44. The maximum Gasteiger partial charge on any atom is 0.303 e. The first-order chi connectivity index (χ1) is 16.2. The van der Waals surface area contributed by atoms with Crippen LogP contribution in [0.15, 0.2) is 42.5 Å². The molecule has 0 saturated carbocycles. The molecule has 2 aromatic rings. The first-order valence-corrected chi connectivity index (χ1v) is 12.0. The Kier molecular flexibility index (Phi) is 8.97. The molecule has 0 unspecified atom stereocenters. The molecule has 0 aromatic heterocycles. The lowest BCUT2D eigenvalue weighted by Gasteiger charge is -2.44. The topological polar surface area (TPSA) is 71.1 Å². The second kappa shape index (κ2) is 11.7. The highest BCUT2D eigenvalue weighted by molar-refractivity contribution is 6.31. The molecule has 1 aliphatic heterocycles. The first-order valence-electron chi connectivity index (χ1n) is 11.7. The maximum absolute atomic E-state index is 11.7. The van der Waals surface area contributed by atoms with E-state index in [1.807, 2.05) is 50.2 Å². The van der Waals surface area contributed by atoms with Crippen molar-refractivity contribution in [1.82, 2.24) is 0 Å². The van der Waals surface area contributed by atoms with Gasteiger partial charge < -0.3 is 18.9 Å². The summed E-state index contributed by atoms with van der Waals surface area (Å²) in [6.45, 7) is 9.44. The van der Waals surface area contributed by atoms with Gasteiger partial charge in [0.25, 0.3) is 0 Å². The number of rotatable bonds is 8. The van der Waals surface area contributed by atoms with Gasteiger partial charge in [-0.1, -0.05) is 49.7 Å². The first kappa shape index (κ1) is 26.0. The molecule has 34 heavy (non-hydrogen) atoms. The summed E-state index contributed by atoms with van der Waals surface area (Å²) in [5, 5.41) is 0.684. The van der Waals surface area contributed by atoms with Crippen molar-refractivity contribution in [1.29, 1.82) is 0 Å².